The first-order valence-corrected chi connectivity index (χ1v) is 8.47. The van der Waals surface area contributed by atoms with Gasteiger partial charge in [0.25, 0.3) is 5.89 Å². The number of aromatic nitrogens is 3. The summed E-state index contributed by atoms with van der Waals surface area (Å²) in [6.45, 7) is 5.45. The molecule has 1 aliphatic rings. The number of carbonyl (C=O) groups is 1. The van der Waals surface area contributed by atoms with Crippen molar-refractivity contribution < 1.29 is 9.32 Å². The molecule has 2 aromatic rings. The van der Waals surface area contributed by atoms with Gasteiger partial charge in [-0.1, -0.05) is 12.1 Å². The average molecular weight is 329 g/mol. The molecule has 1 fully saturated rings. The molecule has 0 radical (unpaired) electrons. The molecular weight excluding hydrogens is 306 g/mol. The van der Waals surface area contributed by atoms with E-state index in [9.17, 15) is 4.79 Å². The summed E-state index contributed by atoms with van der Waals surface area (Å²) in [7, 11) is 0. The molecule has 7 heteroatoms. The average Bonchev–Trinajstić information content (AvgIpc) is 3.02. The molecule has 0 aliphatic carbocycles. The van der Waals surface area contributed by atoms with Gasteiger partial charge in [0.05, 0.1) is 5.56 Å². The highest BCUT2D eigenvalue weighted by atomic mass is 16.5. The van der Waals surface area contributed by atoms with E-state index >= 15 is 0 Å². The van der Waals surface area contributed by atoms with Crippen molar-refractivity contribution in [1.29, 1.82) is 0 Å². The van der Waals surface area contributed by atoms with E-state index in [2.05, 4.69) is 25.3 Å². The van der Waals surface area contributed by atoms with Crippen molar-refractivity contribution in [1.82, 2.24) is 20.4 Å². The zero-order valence-corrected chi connectivity index (χ0v) is 14.2. The first-order valence-electron chi connectivity index (χ1n) is 8.47. The van der Waals surface area contributed by atoms with Crippen molar-refractivity contribution in [3.63, 3.8) is 0 Å². The fourth-order valence-electron chi connectivity index (χ4n) is 3.04. The van der Waals surface area contributed by atoms with Crippen LogP contribution in [0.3, 0.4) is 0 Å². The molecule has 0 aromatic carbocycles. The van der Waals surface area contributed by atoms with Gasteiger partial charge >= 0.3 is 0 Å². The molecule has 0 spiro atoms. The van der Waals surface area contributed by atoms with Crippen LogP contribution >= 0.6 is 0 Å². The van der Waals surface area contributed by atoms with Crippen LogP contribution in [-0.2, 0) is 4.79 Å². The molecule has 1 saturated heterocycles. The first-order chi connectivity index (χ1) is 11.7. The Balaban J connectivity index is 1.78. The molecule has 128 valence electrons. The van der Waals surface area contributed by atoms with Crippen LogP contribution in [-0.4, -0.2) is 40.2 Å². The molecule has 1 N–H and O–H groups in total. The Bertz CT molecular complexity index is 700. The largest absolute Gasteiger partial charge is 0.354 e. The summed E-state index contributed by atoms with van der Waals surface area (Å²) in [6.07, 6.45) is 5.21. The number of anilines is 1. The molecule has 1 unspecified atom stereocenters. The molecule has 0 saturated carbocycles. The highest BCUT2D eigenvalue weighted by Crippen LogP contribution is 2.29. The SMILES string of the molecule is CCCC(=O)NC1CCCN(c2ncccc2-c2nc(C)no2)C1. The third-order valence-corrected chi connectivity index (χ3v) is 4.11. The van der Waals surface area contributed by atoms with Crippen LogP contribution in [0.2, 0.25) is 0 Å². The maximum absolute atomic E-state index is 11.9. The van der Waals surface area contributed by atoms with Crippen molar-refractivity contribution in [3.8, 4) is 11.5 Å². The molecule has 24 heavy (non-hydrogen) atoms. The summed E-state index contributed by atoms with van der Waals surface area (Å²) in [5.74, 6) is 2.03. The van der Waals surface area contributed by atoms with E-state index in [-0.39, 0.29) is 11.9 Å². The highest BCUT2D eigenvalue weighted by molar-refractivity contribution is 5.76. The van der Waals surface area contributed by atoms with E-state index in [4.69, 9.17) is 4.52 Å². The predicted molar refractivity (Wildman–Crippen MR) is 90.6 cm³/mol. The first kappa shape index (κ1) is 16.4. The van der Waals surface area contributed by atoms with Gasteiger partial charge in [0.2, 0.25) is 5.91 Å². The fourth-order valence-corrected chi connectivity index (χ4v) is 3.04. The van der Waals surface area contributed by atoms with Crippen LogP contribution in [0, 0.1) is 6.92 Å². The van der Waals surface area contributed by atoms with Crippen LogP contribution in [0.4, 0.5) is 5.82 Å². The van der Waals surface area contributed by atoms with Gasteiger partial charge in [-0.2, -0.15) is 4.98 Å². The Morgan fingerprint density at radius 3 is 3.12 bits per heavy atom. The van der Waals surface area contributed by atoms with Crippen LogP contribution in [0.15, 0.2) is 22.9 Å². The molecule has 0 bridgehead atoms. The third-order valence-electron chi connectivity index (χ3n) is 4.11. The number of carbonyl (C=O) groups excluding carboxylic acids is 1. The number of amides is 1. The summed E-state index contributed by atoms with van der Waals surface area (Å²) in [6, 6.07) is 3.95. The molecule has 2 aromatic heterocycles. The maximum Gasteiger partial charge on any atom is 0.261 e. The number of nitrogens with zero attached hydrogens (tertiary/aromatic N) is 4. The Kier molecular flexibility index (Phi) is 5.08. The molecule has 1 amide bonds. The molecule has 3 heterocycles. The van der Waals surface area contributed by atoms with Crippen molar-refractivity contribution in [3.05, 3.63) is 24.2 Å². The minimum absolute atomic E-state index is 0.123. The number of nitrogens with one attached hydrogen (secondary N) is 1. The molecule has 3 rings (SSSR count). The number of piperidine rings is 1. The van der Waals surface area contributed by atoms with Gasteiger partial charge in [0, 0.05) is 31.7 Å². The van der Waals surface area contributed by atoms with E-state index < -0.39 is 0 Å². The molecule has 1 atom stereocenters. The zero-order valence-electron chi connectivity index (χ0n) is 14.2. The van der Waals surface area contributed by atoms with Crippen molar-refractivity contribution in [2.45, 2.75) is 45.6 Å². The van der Waals surface area contributed by atoms with E-state index in [0.29, 0.717) is 18.1 Å². The van der Waals surface area contributed by atoms with Gasteiger partial charge in [-0.15, -0.1) is 0 Å². The van der Waals surface area contributed by atoms with Crippen LogP contribution in [0.5, 0.6) is 0 Å². The predicted octanol–water partition coefficient (Wildman–Crippen LogP) is 2.33. The Hall–Kier alpha value is -2.44. The molecular formula is C17H23N5O2. The Morgan fingerprint density at radius 1 is 1.50 bits per heavy atom. The number of hydrogen-bond acceptors (Lipinski definition) is 6. The summed E-state index contributed by atoms with van der Waals surface area (Å²) in [5, 5.41) is 6.99. The van der Waals surface area contributed by atoms with Crippen LogP contribution in [0.25, 0.3) is 11.5 Å². The summed E-state index contributed by atoms with van der Waals surface area (Å²) >= 11 is 0. The Labute approximate surface area is 141 Å². The van der Waals surface area contributed by atoms with Crippen LogP contribution in [0.1, 0.15) is 38.4 Å². The van der Waals surface area contributed by atoms with E-state index in [0.717, 1.165) is 43.7 Å². The standard InChI is InChI=1S/C17H23N5O2/c1-3-6-15(23)20-13-7-5-10-22(11-13)16-14(8-4-9-18-16)17-19-12(2)21-24-17/h4,8-9,13H,3,5-7,10-11H2,1-2H3,(H,20,23). The summed E-state index contributed by atoms with van der Waals surface area (Å²) in [5.41, 5.74) is 0.832. The fraction of sp³-hybridized carbons (Fsp3) is 0.529. The van der Waals surface area contributed by atoms with E-state index in [1.54, 1.807) is 13.1 Å². The second-order valence-electron chi connectivity index (χ2n) is 6.12. The second-order valence-corrected chi connectivity index (χ2v) is 6.12. The lowest BCUT2D eigenvalue weighted by atomic mass is 10.0. The normalized spacial score (nSPS) is 17.8. The smallest absolute Gasteiger partial charge is 0.261 e. The Morgan fingerprint density at radius 2 is 2.38 bits per heavy atom. The highest BCUT2D eigenvalue weighted by Gasteiger charge is 2.25. The molecule has 7 nitrogen and oxygen atoms in total. The summed E-state index contributed by atoms with van der Waals surface area (Å²) < 4.78 is 5.31. The lowest BCUT2D eigenvalue weighted by Gasteiger charge is -2.34. The number of hydrogen-bond donors (Lipinski definition) is 1. The second kappa shape index (κ2) is 7.42. The van der Waals surface area contributed by atoms with Gasteiger partial charge in [-0.3, -0.25) is 4.79 Å². The van der Waals surface area contributed by atoms with Gasteiger partial charge in [-0.25, -0.2) is 4.98 Å². The van der Waals surface area contributed by atoms with Gasteiger partial charge in [0.15, 0.2) is 5.82 Å². The quantitative estimate of drug-likeness (QED) is 0.906. The van der Waals surface area contributed by atoms with E-state index in [1.807, 2.05) is 19.1 Å². The van der Waals surface area contributed by atoms with Gasteiger partial charge in [-0.05, 0) is 38.3 Å². The van der Waals surface area contributed by atoms with Gasteiger partial charge in [0.1, 0.15) is 5.82 Å². The minimum Gasteiger partial charge on any atom is -0.354 e. The monoisotopic (exact) mass is 329 g/mol. The lowest BCUT2D eigenvalue weighted by Crippen LogP contribution is -2.48. The third kappa shape index (κ3) is 3.72. The zero-order chi connectivity index (χ0) is 16.9. The van der Waals surface area contributed by atoms with Crippen molar-refractivity contribution >= 4 is 11.7 Å². The van der Waals surface area contributed by atoms with Crippen molar-refractivity contribution in [2.24, 2.45) is 0 Å². The number of pyridine rings is 1. The number of aryl methyl sites for hydroxylation is 1. The maximum atomic E-state index is 11.9. The van der Waals surface area contributed by atoms with Gasteiger partial charge < -0.3 is 14.7 Å². The van der Waals surface area contributed by atoms with E-state index in [1.165, 1.54) is 0 Å². The summed E-state index contributed by atoms with van der Waals surface area (Å²) in [4.78, 5) is 22.9. The lowest BCUT2D eigenvalue weighted by molar-refractivity contribution is -0.121. The number of rotatable bonds is 5. The topological polar surface area (TPSA) is 84.2 Å². The molecule has 1 aliphatic heterocycles. The van der Waals surface area contributed by atoms with Crippen LogP contribution < -0.4 is 10.2 Å². The minimum atomic E-state index is 0.123. The van der Waals surface area contributed by atoms with Crippen molar-refractivity contribution in [2.75, 3.05) is 18.0 Å².